The Morgan fingerprint density at radius 3 is 1.52 bits per heavy atom. The predicted molar refractivity (Wildman–Crippen MR) is 136 cm³/mol. The van der Waals surface area contributed by atoms with Crippen molar-refractivity contribution in [2.75, 3.05) is 11.8 Å². The molecular weight excluding hydrogens is 455 g/mol. The van der Waals surface area contributed by atoms with Gasteiger partial charge in [-0.1, -0.05) is 39.8 Å². The molecule has 180 valence electrons. The van der Waals surface area contributed by atoms with Crippen molar-refractivity contribution in [1.29, 1.82) is 0 Å². The molecule has 0 N–H and O–H groups in total. The van der Waals surface area contributed by atoms with Gasteiger partial charge in [-0.2, -0.15) is 0 Å². The molecular formula is C28H36Cl2O3. The average molecular weight is 491 g/mol. The van der Waals surface area contributed by atoms with Crippen molar-refractivity contribution in [2.45, 2.75) is 78.8 Å². The Morgan fingerprint density at radius 1 is 0.697 bits per heavy atom. The average Bonchev–Trinajstić information content (AvgIpc) is 2.77. The Kier molecular flexibility index (Phi) is 7.53. The molecule has 0 amide bonds. The lowest BCUT2D eigenvalue weighted by Crippen LogP contribution is -2.30. The van der Waals surface area contributed by atoms with Crippen LogP contribution in [-0.4, -0.2) is 11.8 Å². The first-order valence-corrected chi connectivity index (χ1v) is 13.1. The predicted octanol–water partition coefficient (Wildman–Crippen LogP) is 8.36. The van der Waals surface area contributed by atoms with Gasteiger partial charge in [0.2, 0.25) is 12.6 Å². The zero-order chi connectivity index (χ0) is 23.6. The molecule has 0 saturated carbocycles. The largest absolute Gasteiger partial charge is 0.460 e. The monoisotopic (exact) mass is 490 g/mol. The number of fused-ring (bicyclic) bond motifs is 6. The third-order valence-corrected chi connectivity index (χ3v) is 7.25. The molecule has 0 saturated heterocycles. The van der Waals surface area contributed by atoms with E-state index < -0.39 is 12.6 Å². The molecule has 0 spiro atoms. The fraction of sp³-hybridized carbons (Fsp3) is 0.571. The maximum atomic E-state index is 6.29. The first-order valence-electron chi connectivity index (χ1n) is 12.1. The van der Waals surface area contributed by atoms with Crippen molar-refractivity contribution in [3.8, 4) is 11.5 Å². The number of hydrogen-bond acceptors (Lipinski definition) is 3. The van der Waals surface area contributed by atoms with Crippen LogP contribution in [-0.2, 0) is 17.6 Å². The van der Waals surface area contributed by atoms with Crippen molar-refractivity contribution in [3.63, 3.8) is 0 Å². The van der Waals surface area contributed by atoms with Crippen molar-refractivity contribution in [3.05, 3.63) is 58.7 Å². The van der Waals surface area contributed by atoms with Gasteiger partial charge < -0.3 is 9.47 Å². The van der Waals surface area contributed by atoms with Gasteiger partial charge in [0.15, 0.2) is 0 Å². The van der Waals surface area contributed by atoms with Gasteiger partial charge in [0.25, 0.3) is 0 Å². The Hall–Kier alpha value is -1.42. The molecule has 2 unspecified atom stereocenters. The molecule has 2 aliphatic rings. The molecule has 4 rings (SSSR count). The summed E-state index contributed by atoms with van der Waals surface area (Å²) >= 11 is 11.8. The Bertz CT molecular complexity index is 892. The van der Waals surface area contributed by atoms with E-state index in [1.54, 1.807) is 0 Å². The highest BCUT2D eigenvalue weighted by Crippen LogP contribution is 2.48. The fourth-order valence-electron chi connectivity index (χ4n) is 5.04. The number of halogens is 2. The molecule has 0 aromatic heterocycles. The maximum absolute atomic E-state index is 6.29. The van der Waals surface area contributed by atoms with Crippen LogP contribution in [0.4, 0.5) is 0 Å². The van der Waals surface area contributed by atoms with Crippen LogP contribution in [0.15, 0.2) is 36.4 Å². The van der Waals surface area contributed by atoms with Gasteiger partial charge in [-0.15, -0.1) is 23.2 Å². The van der Waals surface area contributed by atoms with E-state index >= 15 is 0 Å². The molecule has 3 nitrogen and oxygen atoms in total. The summed E-state index contributed by atoms with van der Waals surface area (Å²) in [5.41, 5.74) is 4.85. The van der Waals surface area contributed by atoms with Gasteiger partial charge in [-0.3, -0.25) is 4.74 Å². The number of benzene rings is 2. The van der Waals surface area contributed by atoms with E-state index in [-0.39, 0.29) is 10.8 Å². The van der Waals surface area contributed by atoms with E-state index in [4.69, 9.17) is 37.4 Å². The summed E-state index contributed by atoms with van der Waals surface area (Å²) in [6.07, 6.45) is 5.33. The number of hydrogen-bond donors (Lipinski definition) is 0. The van der Waals surface area contributed by atoms with Gasteiger partial charge >= 0.3 is 0 Å². The third kappa shape index (κ3) is 5.99. The summed E-state index contributed by atoms with van der Waals surface area (Å²) in [6, 6.07) is 12.8. The minimum atomic E-state index is -0.442. The lowest BCUT2D eigenvalue weighted by molar-refractivity contribution is -0.227. The van der Waals surface area contributed by atoms with Gasteiger partial charge in [0.1, 0.15) is 11.5 Å². The van der Waals surface area contributed by atoms with Crippen LogP contribution < -0.4 is 9.47 Å². The minimum absolute atomic E-state index is 0.190. The highest BCUT2D eigenvalue weighted by molar-refractivity contribution is 6.18. The van der Waals surface area contributed by atoms with Crippen LogP contribution in [0.5, 0.6) is 11.5 Å². The molecule has 2 bridgehead atoms. The van der Waals surface area contributed by atoms with E-state index in [9.17, 15) is 0 Å². The molecule has 2 heterocycles. The molecule has 2 aromatic rings. The lowest BCUT2D eigenvalue weighted by atomic mass is 9.81. The molecule has 0 fully saturated rings. The van der Waals surface area contributed by atoms with Crippen LogP contribution in [0.1, 0.15) is 88.2 Å². The maximum Gasteiger partial charge on any atom is 0.233 e. The van der Waals surface area contributed by atoms with Crippen LogP contribution in [0.25, 0.3) is 0 Å². The number of rotatable bonds is 10. The summed E-state index contributed by atoms with van der Waals surface area (Å²) in [7, 11) is 0. The van der Waals surface area contributed by atoms with Crippen molar-refractivity contribution in [2.24, 2.45) is 10.8 Å². The quantitative estimate of drug-likeness (QED) is 0.313. The number of ether oxygens (including phenoxy) is 3. The van der Waals surface area contributed by atoms with E-state index in [1.165, 1.54) is 11.1 Å². The SMILES string of the molecule is CC(C)(CCCCl)Cc1ccc2c(c1)C1Oc3ccc(CC(C)(C)CCCCl)cc3C(O2)O1. The summed E-state index contributed by atoms with van der Waals surface area (Å²) in [6.45, 7) is 9.18. The Labute approximate surface area is 208 Å². The van der Waals surface area contributed by atoms with E-state index in [1.807, 2.05) is 0 Å². The molecule has 33 heavy (non-hydrogen) atoms. The van der Waals surface area contributed by atoms with Crippen LogP contribution >= 0.6 is 23.2 Å². The molecule has 2 aromatic carbocycles. The number of alkyl halides is 2. The molecule has 2 aliphatic heterocycles. The Morgan fingerprint density at radius 2 is 1.12 bits per heavy atom. The second kappa shape index (κ2) is 10.1. The molecule has 2 atom stereocenters. The first kappa shape index (κ1) is 24.7. The van der Waals surface area contributed by atoms with Crippen LogP contribution in [0.2, 0.25) is 0 Å². The first-order chi connectivity index (χ1) is 15.7. The summed E-state index contributed by atoms with van der Waals surface area (Å²) in [5, 5.41) is 0. The van der Waals surface area contributed by atoms with Gasteiger partial charge in [0, 0.05) is 11.8 Å². The van der Waals surface area contributed by atoms with E-state index in [0.29, 0.717) is 11.8 Å². The Balaban J connectivity index is 1.51. The summed E-state index contributed by atoms with van der Waals surface area (Å²) in [5.74, 6) is 3.10. The third-order valence-electron chi connectivity index (χ3n) is 6.71. The lowest BCUT2D eigenvalue weighted by Gasteiger charge is -2.38. The molecule has 0 aliphatic carbocycles. The van der Waals surface area contributed by atoms with Gasteiger partial charge in [-0.25, -0.2) is 0 Å². The zero-order valence-corrected chi connectivity index (χ0v) is 21.8. The van der Waals surface area contributed by atoms with E-state index in [2.05, 4.69) is 64.1 Å². The minimum Gasteiger partial charge on any atom is -0.460 e. The fourth-order valence-corrected chi connectivity index (χ4v) is 5.31. The van der Waals surface area contributed by atoms with Gasteiger partial charge in [-0.05, 0) is 84.7 Å². The van der Waals surface area contributed by atoms with Crippen molar-refractivity contribution >= 4 is 23.2 Å². The summed E-state index contributed by atoms with van der Waals surface area (Å²) in [4.78, 5) is 0. The topological polar surface area (TPSA) is 27.7 Å². The highest BCUT2D eigenvalue weighted by atomic mass is 35.5. The summed E-state index contributed by atoms with van der Waals surface area (Å²) < 4.78 is 18.8. The smallest absolute Gasteiger partial charge is 0.233 e. The van der Waals surface area contributed by atoms with Crippen molar-refractivity contribution < 1.29 is 14.2 Å². The van der Waals surface area contributed by atoms with E-state index in [0.717, 1.165) is 61.2 Å². The second-order valence-corrected chi connectivity index (χ2v) is 11.8. The second-order valence-electron chi connectivity index (χ2n) is 11.0. The van der Waals surface area contributed by atoms with Gasteiger partial charge in [0.05, 0.1) is 11.1 Å². The van der Waals surface area contributed by atoms with Crippen molar-refractivity contribution in [1.82, 2.24) is 0 Å². The molecule has 0 radical (unpaired) electrons. The van der Waals surface area contributed by atoms with Crippen LogP contribution in [0, 0.1) is 10.8 Å². The molecule has 5 heteroatoms. The normalized spacial score (nSPS) is 19.3. The highest BCUT2D eigenvalue weighted by Gasteiger charge is 2.38. The van der Waals surface area contributed by atoms with Crippen LogP contribution in [0.3, 0.4) is 0 Å². The standard InChI is InChI=1S/C28H36Cl2O3/c1-27(2,11-5-13-29)17-19-7-9-23-21(15-19)25-32-24-10-8-20(16-22(24)26(31-23)33-25)18-28(3,4)12-6-14-30/h7-10,15-16,25-26H,5-6,11-14,17-18H2,1-4H3. The zero-order valence-electron chi connectivity index (χ0n) is 20.3.